The van der Waals surface area contributed by atoms with E-state index in [1.165, 1.54) is 0 Å². The van der Waals surface area contributed by atoms with E-state index < -0.39 is 0 Å². The smallest absolute Gasteiger partial charge is 0.157 e. The topological polar surface area (TPSA) is 48.2 Å². The van der Waals surface area contributed by atoms with Crippen LogP contribution in [0.2, 0.25) is 0 Å². The highest BCUT2D eigenvalue weighted by atomic mass is 79.9. The predicted octanol–water partition coefficient (Wildman–Crippen LogP) is 2.52. The van der Waals surface area contributed by atoms with Gasteiger partial charge in [-0.05, 0) is 19.8 Å². The van der Waals surface area contributed by atoms with Crippen molar-refractivity contribution < 1.29 is 0 Å². The van der Waals surface area contributed by atoms with E-state index in [2.05, 4.69) is 39.2 Å². The third-order valence-corrected chi connectivity index (χ3v) is 4.75. The van der Waals surface area contributed by atoms with Crippen LogP contribution < -0.4 is 5.32 Å². The fraction of sp³-hybridized carbons (Fsp3) is 0.800. The number of aliphatic imine (C=N–C) groups is 1. The molecule has 0 amide bonds. The van der Waals surface area contributed by atoms with Gasteiger partial charge >= 0.3 is 0 Å². The zero-order valence-corrected chi connectivity index (χ0v) is 11.3. The second-order valence-corrected chi connectivity index (χ2v) is 5.42. The summed E-state index contributed by atoms with van der Waals surface area (Å²) >= 11 is 5.30. The number of alkyl halides is 1. The molecule has 1 N–H and O–H groups in total. The van der Waals surface area contributed by atoms with E-state index in [1.807, 2.05) is 11.8 Å². The van der Waals surface area contributed by atoms with Crippen molar-refractivity contribution in [1.29, 1.82) is 5.26 Å². The third kappa shape index (κ3) is 4.43. The van der Waals surface area contributed by atoms with Crippen molar-refractivity contribution >= 4 is 32.9 Å². The molecule has 5 heteroatoms. The van der Waals surface area contributed by atoms with Gasteiger partial charge < -0.3 is 5.32 Å². The van der Waals surface area contributed by atoms with Crippen molar-refractivity contribution in [3.63, 3.8) is 0 Å². The molecule has 1 rings (SSSR count). The zero-order chi connectivity index (χ0) is 11.1. The number of hydrogen-bond acceptors (Lipinski definition) is 3. The van der Waals surface area contributed by atoms with Crippen LogP contribution in [0.5, 0.6) is 0 Å². The van der Waals surface area contributed by atoms with E-state index in [0.29, 0.717) is 17.7 Å². The number of nitrogens with zero attached hydrogens (tertiary/aromatic N) is 2. The van der Waals surface area contributed by atoms with Crippen molar-refractivity contribution in [2.45, 2.75) is 37.5 Å². The Labute approximate surface area is 104 Å². The molecule has 2 unspecified atom stereocenters. The molecule has 15 heavy (non-hydrogen) atoms. The minimum absolute atomic E-state index is 0.493. The molecule has 3 nitrogen and oxygen atoms in total. The molecule has 0 aromatic rings. The Bertz CT molecular complexity index is 262. The van der Waals surface area contributed by atoms with Crippen LogP contribution in [0.25, 0.3) is 0 Å². The molecular weight excluding hydrogens is 274 g/mol. The van der Waals surface area contributed by atoms with Gasteiger partial charge in [-0.3, -0.25) is 4.99 Å². The van der Waals surface area contributed by atoms with Gasteiger partial charge in [-0.2, -0.15) is 5.26 Å². The van der Waals surface area contributed by atoms with Crippen LogP contribution in [-0.2, 0) is 0 Å². The maximum absolute atomic E-state index is 8.37. The Morgan fingerprint density at radius 3 is 3.00 bits per heavy atom. The molecule has 1 heterocycles. The molecule has 0 spiro atoms. The van der Waals surface area contributed by atoms with Crippen molar-refractivity contribution in [3.05, 3.63) is 0 Å². The molecule has 1 aliphatic rings. The summed E-state index contributed by atoms with van der Waals surface area (Å²) in [6.07, 6.45) is 2.61. The summed E-state index contributed by atoms with van der Waals surface area (Å²) in [5.74, 6) is 0. The molecule has 2 atom stereocenters. The summed E-state index contributed by atoms with van der Waals surface area (Å²) in [6.45, 7) is 3.01. The maximum atomic E-state index is 8.37. The van der Waals surface area contributed by atoms with Gasteiger partial charge in [-0.1, -0.05) is 27.7 Å². The van der Waals surface area contributed by atoms with Gasteiger partial charge in [0.25, 0.3) is 0 Å². The monoisotopic (exact) mass is 289 g/mol. The van der Waals surface area contributed by atoms with Crippen molar-refractivity contribution in [2.75, 3.05) is 11.9 Å². The fourth-order valence-corrected chi connectivity index (χ4v) is 3.31. The summed E-state index contributed by atoms with van der Waals surface area (Å²) in [4.78, 5) is 4.48. The average Bonchev–Trinajstić information content (AvgIpc) is 2.59. The number of nitriles is 1. The van der Waals surface area contributed by atoms with Gasteiger partial charge in [0.05, 0.1) is 6.07 Å². The molecule has 1 saturated heterocycles. The maximum Gasteiger partial charge on any atom is 0.157 e. The predicted molar refractivity (Wildman–Crippen MR) is 69.5 cm³/mol. The summed E-state index contributed by atoms with van der Waals surface area (Å²) < 4.78 is 0. The second kappa shape index (κ2) is 7.13. The van der Waals surface area contributed by atoms with Crippen LogP contribution in [0.3, 0.4) is 0 Å². The first-order chi connectivity index (χ1) is 7.27. The molecule has 0 radical (unpaired) electrons. The number of hydrogen-bond donors (Lipinski definition) is 1. The minimum Gasteiger partial charge on any atom is -0.361 e. The lowest BCUT2D eigenvalue weighted by Crippen LogP contribution is -2.28. The minimum atomic E-state index is 0.493. The lowest BCUT2D eigenvalue weighted by atomic mass is 10.2. The first-order valence-electron chi connectivity index (χ1n) is 5.18. The molecule has 0 aromatic carbocycles. The first kappa shape index (κ1) is 12.9. The molecule has 1 fully saturated rings. The third-order valence-electron chi connectivity index (χ3n) is 2.28. The van der Waals surface area contributed by atoms with Crippen LogP contribution in [-0.4, -0.2) is 28.3 Å². The van der Waals surface area contributed by atoms with E-state index >= 15 is 0 Å². The van der Waals surface area contributed by atoms with E-state index in [0.717, 1.165) is 29.9 Å². The van der Waals surface area contributed by atoms with E-state index in [1.54, 1.807) is 0 Å². The van der Waals surface area contributed by atoms with Gasteiger partial charge in [0.1, 0.15) is 0 Å². The number of unbranched alkanes of at least 4 members (excludes halogenated alkanes) is 2. The normalized spacial score (nSPS) is 27.7. The Morgan fingerprint density at radius 1 is 1.60 bits per heavy atom. The quantitative estimate of drug-likeness (QED) is 0.625. The standard InChI is InChI=1S/C10H16BrN3S/c1-8-9(7-11)15-10(14-8)13-6-4-2-3-5-12/h8-9H,2-4,6-7H2,1H3,(H,13,14). The Hall–Kier alpha value is -0.210. The van der Waals surface area contributed by atoms with Crippen LogP contribution in [0.1, 0.15) is 26.2 Å². The number of halogens is 1. The molecule has 0 aliphatic carbocycles. The number of rotatable bonds is 5. The molecular formula is C10H16BrN3S. The molecule has 0 bridgehead atoms. The number of thioether (sulfide) groups is 1. The Balaban J connectivity index is 2.21. The highest BCUT2D eigenvalue weighted by molar-refractivity contribution is 9.09. The van der Waals surface area contributed by atoms with Crippen LogP contribution in [0.4, 0.5) is 0 Å². The van der Waals surface area contributed by atoms with E-state index in [9.17, 15) is 0 Å². The van der Waals surface area contributed by atoms with Gasteiger partial charge in [-0.25, -0.2) is 0 Å². The Morgan fingerprint density at radius 2 is 2.40 bits per heavy atom. The van der Waals surface area contributed by atoms with Crippen LogP contribution in [0, 0.1) is 11.3 Å². The largest absolute Gasteiger partial charge is 0.361 e. The van der Waals surface area contributed by atoms with Gasteiger partial charge in [0.2, 0.25) is 0 Å². The van der Waals surface area contributed by atoms with Crippen LogP contribution in [0.15, 0.2) is 4.99 Å². The highest BCUT2D eigenvalue weighted by Gasteiger charge is 2.26. The van der Waals surface area contributed by atoms with E-state index in [-0.39, 0.29) is 0 Å². The molecule has 0 saturated carbocycles. The Kier molecular flexibility index (Phi) is 6.11. The van der Waals surface area contributed by atoms with Crippen molar-refractivity contribution in [2.24, 2.45) is 4.99 Å². The summed E-state index contributed by atoms with van der Waals surface area (Å²) in [5, 5.41) is 14.4. The average molecular weight is 290 g/mol. The summed E-state index contributed by atoms with van der Waals surface area (Å²) in [6, 6.07) is 2.64. The van der Waals surface area contributed by atoms with E-state index in [4.69, 9.17) is 5.26 Å². The zero-order valence-electron chi connectivity index (χ0n) is 8.87. The fourth-order valence-electron chi connectivity index (χ4n) is 1.31. The molecule has 0 aromatic heterocycles. The molecule has 84 valence electrons. The van der Waals surface area contributed by atoms with Gasteiger partial charge in [0.15, 0.2) is 5.17 Å². The van der Waals surface area contributed by atoms with Crippen molar-refractivity contribution in [1.82, 2.24) is 5.32 Å². The second-order valence-electron chi connectivity index (χ2n) is 3.55. The van der Waals surface area contributed by atoms with Gasteiger partial charge in [-0.15, -0.1) is 0 Å². The summed E-state index contributed by atoms with van der Waals surface area (Å²) in [5.41, 5.74) is 0. The molecule has 1 aliphatic heterocycles. The number of amidine groups is 1. The lowest BCUT2D eigenvalue weighted by molar-refractivity contribution is 0.682. The lowest BCUT2D eigenvalue weighted by Gasteiger charge is -2.07. The van der Waals surface area contributed by atoms with Crippen LogP contribution >= 0.6 is 27.7 Å². The summed E-state index contributed by atoms with van der Waals surface area (Å²) in [7, 11) is 0. The highest BCUT2D eigenvalue weighted by Crippen LogP contribution is 2.24. The van der Waals surface area contributed by atoms with Gasteiger partial charge in [0, 0.05) is 29.6 Å². The number of nitrogens with one attached hydrogen (secondary N) is 1. The first-order valence-corrected chi connectivity index (χ1v) is 7.18. The van der Waals surface area contributed by atoms with Crippen molar-refractivity contribution in [3.8, 4) is 6.07 Å². The SMILES string of the molecule is CC1NC(=NCCCCC#N)SC1CBr.